The van der Waals surface area contributed by atoms with Crippen molar-refractivity contribution in [1.29, 1.82) is 0 Å². The lowest BCUT2D eigenvalue weighted by atomic mass is 10.0. The number of carbonyl (C=O) groups excluding carboxylic acids is 1. The lowest BCUT2D eigenvalue weighted by molar-refractivity contribution is -0.121. The fourth-order valence-corrected chi connectivity index (χ4v) is 1.90. The third-order valence-electron chi connectivity index (χ3n) is 1.73. The summed E-state index contributed by atoms with van der Waals surface area (Å²) in [5.41, 5.74) is 0. The zero-order chi connectivity index (χ0) is 7.61. The molecule has 0 aromatic rings. The van der Waals surface area contributed by atoms with Gasteiger partial charge in [0.1, 0.15) is 0 Å². The van der Waals surface area contributed by atoms with Crippen molar-refractivity contribution < 1.29 is 4.79 Å². The predicted octanol–water partition coefficient (Wildman–Crippen LogP) is 1.48. The summed E-state index contributed by atoms with van der Waals surface area (Å²) in [5.74, 6) is 0.203. The van der Waals surface area contributed by atoms with E-state index in [0.717, 1.165) is 19.4 Å². The third kappa shape index (κ3) is 2.44. The maximum Gasteiger partial charge on any atom is 0.221 e. The second-order valence-electron chi connectivity index (χ2n) is 3.04. The van der Waals surface area contributed by atoms with E-state index in [1.165, 1.54) is 0 Å². The summed E-state index contributed by atoms with van der Waals surface area (Å²) in [6.45, 7) is 3.00. The Balaban J connectivity index is 2.54. The quantitative estimate of drug-likeness (QED) is 0.514. The highest BCUT2D eigenvalue weighted by Gasteiger charge is 2.25. The van der Waals surface area contributed by atoms with E-state index in [2.05, 4.69) is 34.8 Å². The first-order chi connectivity index (χ1) is 4.60. The number of hydrogen-bond acceptors (Lipinski definition) is 1. The minimum Gasteiger partial charge on any atom is -0.356 e. The standard InChI is InChI=1S/C7H12INO/c1-7(8)3-2-4-9-6(10)5-7/h2-5H2,1H3,(H,9,10). The van der Waals surface area contributed by atoms with Crippen molar-refractivity contribution >= 4 is 28.5 Å². The Hall–Kier alpha value is 0.200. The van der Waals surface area contributed by atoms with Crippen molar-refractivity contribution in [2.45, 2.75) is 29.6 Å². The molecule has 1 aliphatic rings. The molecule has 1 atom stereocenters. The lowest BCUT2D eigenvalue weighted by Crippen LogP contribution is -2.25. The van der Waals surface area contributed by atoms with E-state index in [1.807, 2.05) is 0 Å². The minimum atomic E-state index is 0.193. The average Bonchev–Trinajstić information content (AvgIpc) is 1.90. The molecule has 1 aliphatic heterocycles. The summed E-state index contributed by atoms with van der Waals surface area (Å²) < 4.78 is 0.193. The number of amides is 1. The first-order valence-corrected chi connectivity index (χ1v) is 4.64. The first-order valence-electron chi connectivity index (χ1n) is 3.56. The van der Waals surface area contributed by atoms with Crippen LogP contribution in [0.2, 0.25) is 0 Å². The van der Waals surface area contributed by atoms with Crippen LogP contribution in [-0.4, -0.2) is 15.9 Å². The number of alkyl halides is 1. The molecule has 1 unspecified atom stereocenters. The summed E-state index contributed by atoms with van der Waals surface area (Å²) in [5, 5.41) is 2.86. The van der Waals surface area contributed by atoms with Crippen molar-refractivity contribution in [3.05, 3.63) is 0 Å². The first kappa shape index (κ1) is 8.30. The summed E-state index contributed by atoms with van der Waals surface area (Å²) in [7, 11) is 0. The van der Waals surface area contributed by atoms with Crippen LogP contribution in [0.25, 0.3) is 0 Å². The molecule has 0 radical (unpaired) electrons. The number of nitrogens with one attached hydrogen (secondary N) is 1. The van der Waals surface area contributed by atoms with E-state index in [9.17, 15) is 4.79 Å². The zero-order valence-corrected chi connectivity index (χ0v) is 8.27. The molecule has 2 nitrogen and oxygen atoms in total. The molecule has 1 saturated heterocycles. The van der Waals surface area contributed by atoms with Gasteiger partial charge in [0, 0.05) is 16.4 Å². The second kappa shape index (κ2) is 3.07. The van der Waals surface area contributed by atoms with E-state index in [-0.39, 0.29) is 9.33 Å². The highest BCUT2D eigenvalue weighted by Crippen LogP contribution is 2.29. The maximum absolute atomic E-state index is 11.0. The van der Waals surface area contributed by atoms with Gasteiger partial charge in [-0.3, -0.25) is 4.79 Å². The molecule has 0 aromatic carbocycles. The number of rotatable bonds is 0. The van der Waals surface area contributed by atoms with Gasteiger partial charge in [-0.05, 0) is 12.8 Å². The normalized spacial score (nSPS) is 34.8. The van der Waals surface area contributed by atoms with Gasteiger partial charge in [-0.2, -0.15) is 0 Å². The Bertz CT molecular complexity index is 145. The molecule has 1 amide bonds. The molecule has 1 N–H and O–H groups in total. The van der Waals surface area contributed by atoms with Gasteiger partial charge in [-0.15, -0.1) is 0 Å². The van der Waals surface area contributed by atoms with Crippen LogP contribution < -0.4 is 5.32 Å². The van der Waals surface area contributed by atoms with Gasteiger partial charge in [0.2, 0.25) is 5.91 Å². The average molecular weight is 253 g/mol. The molecule has 58 valence electrons. The molecular formula is C7H12INO. The Labute approximate surface area is 74.9 Å². The van der Waals surface area contributed by atoms with Crippen LogP contribution in [0, 0.1) is 0 Å². The van der Waals surface area contributed by atoms with Gasteiger partial charge in [-0.25, -0.2) is 0 Å². The predicted molar refractivity (Wildman–Crippen MR) is 49.3 cm³/mol. The smallest absolute Gasteiger partial charge is 0.221 e. The monoisotopic (exact) mass is 253 g/mol. The van der Waals surface area contributed by atoms with Gasteiger partial charge >= 0.3 is 0 Å². The number of carbonyl (C=O) groups is 1. The summed E-state index contributed by atoms with van der Waals surface area (Å²) in [6, 6.07) is 0. The van der Waals surface area contributed by atoms with Crippen molar-refractivity contribution in [3.8, 4) is 0 Å². The van der Waals surface area contributed by atoms with E-state index in [1.54, 1.807) is 0 Å². The van der Waals surface area contributed by atoms with Crippen LogP contribution >= 0.6 is 22.6 Å². The van der Waals surface area contributed by atoms with E-state index in [0.29, 0.717) is 6.42 Å². The SMILES string of the molecule is CC1(I)CCCNC(=O)C1. The van der Waals surface area contributed by atoms with Gasteiger partial charge in [0.05, 0.1) is 0 Å². The molecule has 0 saturated carbocycles. The van der Waals surface area contributed by atoms with Crippen LogP contribution in [-0.2, 0) is 4.79 Å². The zero-order valence-electron chi connectivity index (χ0n) is 6.11. The largest absolute Gasteiger partial charge is 0.356 e. The summed E-state index contributed by atoms with van der Waals surface area (Å²) in [4.78, 5) is 11.0. The molecule has 0 bridgehead atoms. The molecule has 0 aromatic heterocycles. The fourth-order valence-electron chi connectivity index (χ4n) is 1.17. The lowest BCUT2D eigenvalue weighted by Gasteiger charge is -2.17. The Morgan fingerprint density at radius 3 is 3.10 bits per heavy atom. The van der Waals surface area contributed by atoms with E-state index >= 15 is 0 Å². The highest BCUT2D eigenvalue weighted by atomic mass is 127. The Morgan fingerprint density at radius 1 is 1.70 bits per heavy atom. The Morgan fingerprint density at radius 2 is 2.40 bits per heavy atom. The topological polar surface area (TPSA) is 29.1 Å². The minimum absolute atomic E-state index is 0.193. The molecule has 3 heteroatoms. The number of hydrogen-bond donors (Lipinski definition) is 1. The molecule has 1 rings (SSSR count). The van der Waals surface area contributed by atoms with Crippen LogP contribution in [0.15, 0.2) is 0 Å². The second-order valence-corrected chi connectivity index (χ2v) is 5.65. The van der Waals surface area contributed by atoms with E-state index < -0.39 is 0 Å². The van der Waals surface area contributed by atoms with Gasteiger partial charge in [0.15, 0.2) is 0 Å². The molecule has 10 heavy (non-hydrogen) atoms. The summed E-state index contributed by atoms with van der Waals surface area (Å²) >= 11 is 2.37. The van der Waals surface area contributed by atoms with E-state index in [4.69, 9.17) is 0 Å². The highest BCUT2D eigenvalue weighted by molar-refractivity contribution is 14.1. The van der Waals surface area contributed by atoms with Crippen LogP contribution in [0.1, 0.15) is 26.2 Å². The van der Waals surface area contributed by atoms with Crippen LogP contribution in [0.3, 0.4) is 0 Å². The van der Waals surface area contributed by atoms with Crippen molar-refractivity contribution in [1.82, 2.24) is 5.32 Å². The maximum atomic E-state index is 11.0. The Kier molecular flexibility index (Phi) is 2.55. The third-order valence-corrected chi connectivity index (χ3v) is 2.65. The van der Waals surface area contributed by atoms with Crippen molar-refractivity contribution in [3.63, 3.8) is 0 Å². The molecule has 1 heterocycles. The fraction of sp³-hybridized carbons (Fsp3) is 0.857. The van der Waals surface area contributed by atoms with Crippen molar-refractivity contribution in [2.75, 3.05) is 6.54 Å². The van der Waals surface area contributed by atoms with Gasteiger partial charge < -0.3 is 5.32 Å². The molecule has 0 spiro atoms. The molecule has 1 fully saturated rings. The molecule has 0 aliphatic carbocycles. The van der Waals surface area contributed by atoms with Crippen LogP contribution in [0.5, 0.6) is 0 Å². The van der Waals surface area contributed by atoms with Gasteiger partial charge in [0.25, 0.3) is 0 Å². The molecular weight excluding hydrogens is 241 g/mol. The van der Waals surface area contributed by atoms with Gasteiger partial charge in [-0.1, -0.05) is 29.5 Å². The summed E-state index contributed by atoms with van der Waals surface area (Å²) in [6.07, 6.45) is 2.94. The number of halogens is 1. The van der Waals surface area contributed by atoms with Crippen LogP contribution in [0.4, 0.5) is 0 Å². The van der Waals surface area contributed by atoms with Crippen molar-refractivity contribution in [2.24, 2.45) is 0 Å².